The van der Waals surface area contributed by atoms with Crippen molar-refractivity contribution >= 4 is 11.6 Å². The molecule has 1 aromatic rings. The van der Waals surface area contributed by atoms with E-state index in [0.717, 1.165) is 25.0 Å². The quantitative estimate of drug-likeness (QED) is 0.844. The van der Waals surface area contributed by atoms with Crippen molar-refractivity contribution in [3.05, 3.63) is 29.8 Å². The second kappa shape index (κ2) is 4.40. The van der Waals surface area contributed by atoms with Gasteiger partial charge < -0.3 is 10.2 Å². The molecule has 0 amide bonds. The Morgan fingerprint density at radius 3 is 2.94 bits per heavy atom. The maximum Gasteiger partial charge on any atom is 0.198 e. The van der Waals surface area contributed by atoms with E-state index in [1.165, 1.54) is 30.5 Å². The third-order valence-corrected chi connectivity index (χ3v) is 3.78. The molecule has 3 nitrogen and oxygen atoms in total. The van der Waals surface area contributed by atoms with E-state index < -0.39 is 0 Å². The first-order valence-electron chi connectivity index (χ1n) is 6.43. The van der Waals surface area contributed by atoms with E-state index in [1.54, 1.807) is 0 Å². The van der Waals surface area contributed by atoms with Gasteiger partial charge in [-0.05, 0) is 30.4 Å². The fourth-order valence-corrected chi connectivity index (χ4v) is 2.47. The molecule has 1 aromatic carbocycles. The van der Waals surface area contributed by atoms with E-state index in [1.807, 2.05) is 0 Å². The van der Waals surface area contributed by atoms with Crippen LogP contribution in [0.3, 0.4) is 0 Å². The predicted octanol–water partition coefficient (Wildman–Crippen LogP) is 2.70. The molecule has 1 saturated carbocycles. The minimum atomic E-state index is 0.799. The van der Waals surface area contributed by atoms with Crippen molar-refractivity contribution in [2.45, 2.75) is 25.8 Å². The highest BCUT2D eigenvalue weighted by Gasteiger charge is 2.21. The second-order valence-electron chi connectivity index (χ2n) is 5.10. The molecule has 17 heavy (non-hydrogen) atoms. The largest absolute Gasteiger partial charge is 0.345 e. The predicted molar refractivity (Wildman–Crippen MR) is 71.2 cm³/mol. The van der Waals surface area contributed by atoms with Gasteiger partial charge in [-0.2, -0.15) is 0 Å². The van der Waals surface area contributed by atoms with E-state index in [-0.39, 0.29) is 0 Å². The molecule has 0 atom stereocenters. The van der Waals surface area contributed by atoms with Crippen LogP contribution >= 0.6 is 0 Å². The summed E-state index contributed by atoms with van der Waals surface area (Å²) in [7, 11) is 2.14. The van der Waals surface area contributed by atoms with Crippen LogP contribution in [0.5, 0.6) is 0 Å². The molecule has 1 aliphatic carbocycles. The van der Waals surface area contributed by atoms with Gasteiger partial charge in [0.15, 0.2) is 5.96 Å². The molecule has 3 heteroatoms. The van der Waals surface area contributed by atoms with Gasteiger partial charge in [-0.15, -0.1) is 0 Å². The number of rotatable bonds is 2. The number of benzene rings is 1. The van der Waals surface area contributed by atoms with Crippen LogP contribution < -0.4 is 5.32 Å². The first-order chi connectivity index (χ1) is 8.33. The number of hydrogen-bond acceptors (Lipinski definition) is 3. The summed E-state index contributed by atoms with van der Waals surface area (Å²) in [5.74, 6) is 1.90. The van der Waals surface area contributed by atoms with Crippen LogP contribution in [0.4, 0.5) is 5.69 Å². The van der Waals surface area contributed by atoms with Crippen LogP contribution in [0.25, 0.3) is 0 Å². The third-order valence-electron chi connectivity index (χ3n) is 3.78. The van der Waals surface area contributed by atoms with Gasteiger partial charge in [-0.3, -0.25) is 0 Å². The highest BCUT2D eigenvalue weighted by molar-refractivity contribution is 5.95. The van der Waals surface area contributed by atoms with Gasteiger partial charge in [0.05, 0.1) is 6.54 Å². The first kappa shape index (κ1) is 10.6. The zero-order valence-corrected chi connectivity index (χ0v) is 10.3. The molecule has 90 valence electrons. The Labute approximate surface area is 103 Å². The van der Waals surface area contributed by atoms with Gasteiger partial charge in [0.1, 0.15) is 0 Å². The van der Waals surface area contributed by atoms with Gasteiger partial charge >= 0.3 is 0 Å². The van der Waals surface area contributed by atoms with Crippen LogP contribution in [0, 0.1) is 5.92 Å². The summed E-state index contributed by atoms with van der Waals surface area (Å²) in [6.07, 6.45) is 4.17. The summed E-state index contributed by atoms with van der Waals surface area (Å²) in [5.41, 5.74) is 2.49. The monoisotopic (exact) mass is 229 g/mol. The Balaban J connectivity index is 1.67. The molecule has 0 spiro atoms. The van der Waals surface area contributed by atoms with Crippen molar-refractivity contribution in [1.82, 2.24) is 4.90 Å². The lowest BCUT2D eigenvalue weighted by molar-refractivity contribution is 0.258. The van der Waals surface area contributed by atoms with Crippen molar-refractivity contribution in [2.24, 2.45) is 10.9 Å². The third kappa shape index (κ3) is 2.14. The number of para-hydroxylation sites is 1. The zero-order valence-electron chi connectivity index (χ0n) is 10.3. The molecule has 3 rings (SSSR count). The van der Waals surface area contributed by atoms with Gasteiger partial charge in [-0.25, -0.2) is 4.99 Å². The fraction of sp³-hybridized carbons (Fsp3) is 0.500. The average molecular weight is 229 g/mol. The van der Waals surface area contributed by atoms with Crippen molar-refractivity contribution in [3.8, 4) is 0 Å². The van der Waals surface area contributed by atoms with Crippen LogP contribution in [-0.2, 0) is 6.54 Å². The number of fused-ring (bicyclic) bond motifs is 1. The maximum atomic E-state index is 4.61. The lowest BCUT2D eigenvalue weighted by Gasteiger charge is -2.33. The van der Waals surface area contributed by atoms with E-state index in [0.29, 0.717) is 0 Å². The van der Waals surface area contributed by atoms with E-state index in [4.69, 9.17) is 0 Å². The van der Waals surface area contributed by atoms with Gasteiger partial charge in [-0.1, -0.05) is 24.6 Å². The number of guanidine groups is 1. The topological polar surface area (TPSA) is 27.6 Å². The number of hydrogen-bond donors (Lipinski definition) is 1. The van der Waals surface area contributed by atoms with Crippen molar-refractivity contribution in [3.63, 3.8) is 0 Å². The minimum Gasteiger partial charge on any atom is -0.345 e. The van der Waals surface area contributed by atoms with Gasteiger partial charge in [0.25, 0.3) is 0 Å². The van der Waals surface area contributed by atoms with Crippen LogP contribution in [0.15, 0.2) is 29.3 Å². The van der Waals surface area contributed by atoms with E-state index in [2.05, 4.69) is 46.5 Å². The van der Waals surface area contributed by atoms with E-state index >= 15 is 0 Å². The number of anilines is 1. The maximum absolute atomic E-state index is 4.61. The van der Waals surface area contributed by atoms with Crippen LogP contribution in [0.1, 0.15) is 24.8 Å². The zero-order chi connectivity index (χ0) is 11.7. The normalized spacial score (nSPS) is 18.8. The standard InChI is InChI=1S/C14H19N3/c1-17(10-11-5-4-6-11)14-15-9-12-7-2-3-8-13(12)16-14/h2-3,7-8,11H,4-6,9-10H2,1H3,(H,15,16). The van der Waals surface area contributed by atoms with Crippen molar-refractivity contribution < 1.29 is 0 Å². The summed E-state index contributed by atoms with van der Waals surface area (Å²) in [4.78, 5) is 6.88. The number of aliphatic imine (C=N–C) groups is 1. The van der Waals surface area contributed by atoms with Crippen LogP contribution in [-0.4, -0.2) is 24.5 Å². The lowest BCUT2D eigenvalue weighted by Crippen LogP contribution is -2.39. The smallest absolute Gasteiger partial charge is 0.198 e. The fourth-order valence-electron chi connectivity index (χ4n) is 2.47. The highest BCUT2D eigenvalue weighted by Crippen LogP contribution is 2.27. The average Bonchev–Trinajstić information content (AvgIpc) is 2.33. The number of nitrogens with zero attached hydrogens (tertiary/aromatic N) is 2. The Morgan fingerprint density at radius 1 is 1.35 bits per heavy atom. The Kier molecular flexibility index (Phi) is 2.75. The molecule has 0 bridgehead atoms. The molecule has 0 radical (unpaired) electrons. The summed E-state index contributed by atoms with van der Waals surface area (Å²) < 4.78 is 0. The van der Waals surface area contributed by atoms with Crippen molar-refractivity contribution in [1.29, 1.82) is 0 Å². The van der Waals surface area contributed by atoms with Crippen LogP contribution in [0.2, 0.25) is 0 Å². The molecule has 0 aromatic heterocycles. The summed E-state index contributed by atoms with van der Waals surface area (Å²) in [6.45, 7) is 1.93. The molecule has 0 saturated heterocycles. The number of nitrogens with one attached hydrogen (secondary N) is 1. The molecule has 1 fully saturated rings. The Hall–Kier alpha value is -1.51. The van der Waals surface area contributed by atoms with Gasteiger partial charge in [0.2, 0.25) is 0 Å². The highest BCUT2D eigenvalue weighted by atomic mass is 15.3. The summed E-state index contributed by atoms with van der Waals surface area (Å²) >= 11 is 0. The Morgan fingerprint density at radius 2 is 2.18 bits per heavy atom. The Bertz CT molecular complexity index is 435. The summed E-state index contributed by atoms with van der Waals surface area (Å²) in [6, 6.07) is 8.40. The molecule has 0 unspecified atom stereocenters. The molecule has 1 N–H and O–H groups in total. The van der Waals surface area contributed by atoms with E-state index in [9.17, 15) is 0 Å². The molecule has 1 aliphatic heterocycles. The second-order valence-corrected chi connectivity index (χ2v) is 5.10. The molecular formula is C14H19N3. The van der Waals surface area contributed by atoms with Crippen molar-refractivity contribution in [2.75, 3.05) is 18.9 Å². The first-order valence-corrected chi connectivity index (χ1v) is 6.43. The minimum absolute atomic E-state index is 0.799. The molecule has 1 heterocycles. The molecule has 2 aliphatic rings. The summed E-state index contributed by atoms with van der Waals surface area (Å²) in [5, 5.41) is 3.43. The SMILES string of the molecule is CN(CC1CCC1)C1=NCc2ccccc2N1. The lowest BCUT2D eigenvalue weighted by atomic mass is 9.85. The molecular weight excluding hydrogens is 210 g/mol. The van der Waals surface area contributed by atoms with Gasteiger partial charge in [0, 0.05) is 19.3 Å².